The summed E-state index contributed by atoms with van der Waals surface area (Å²) in [5.74, 6) is 1.44. The number of hydrogen-bond donors (Lipinski definition) is 0. The highest BCUT2D eigenvalue weighted by Gasteiger charge is 2.25. The van der Waals surface area contributed by atoms with Crippen molar-refractivity contribution in [2.45, 2.75) is 26.5 Å². The molecule has 0 saturated carbocycles. The summed E-state index contributed by atoms with van der Waals surface area (Å²) < 4.78 is 39.5. The second-order valence-corrected chi connectivity index (χ2v) is 9.52. The molecule has 0 spiro atoms. The van der Waals surface area contributed by atoms with E-state index >= 15 is 0 Å². The lowest BCUT2D eigenvalue weighted by Gasteiger charge is -2.36. The van der Waals surface area contributed by atoms with Crippen LogP contribution in [0.5, 0.6) is 0 Å². The summed E-state index contributed by atoms with van der Waals surface area (Å²) in [4.78, 5) is 26.2. The number of aliphatic imine (C=N–C) groups is 1. The predicted molar refractivity (Wildman–Crippen MR) is 149 cm³/mol. The van der Waals surface area contributed by atoms with E-state index in [0.717, 1.165) is 11.6 Å². The highest BCUT2D eigenvalue weighted by Crippen LogP contribution is 2.23. The van der Waals surface area contributed by atoms with Crippen molar-refractivity contribution in [1.29, 1.82) is 0 Å². The zero-order chi connectivity index (χ0) is 28.6. The van der Waals surface area contributed by atoms with Gasteiger partial charge in [0.15, 0.2) is 11.6 Å². The largest absolute Gasteiger partial charge is 0.493 e. The number of aromatic nitrogens is 3. The van der Waals surface area contributed by atoms with Crippen molar-refractivity contribution in [3.05, 3.63) is 72.0 Å². The van der Waals surface area contributed by atoms with Crippen LogP contribution in [0.4, 0.5) is 8.78 Å². The van der Waals surface area contributed by atoms with Crippen LogP contribution in [0.2, 0.25) is 0 Å². The van der Waals surface area contributed by atoms with Gasteiger partial charge in [-0.3, -0.25) is 9.79 Å². The Hall–Kier alpha value is -4.12. The molecule has 1 atom stereocenters. The average molecular weight is 553 g/mol. The Labute approximate surface area is 232 Å². The van der Waals surface area contributed by atoms with E-state index in [-0.39, 0.29) is 30.2 Å². The maximum atomic E-state index is 13.6. The fourth-order valence-electron chi connectivity index (χ4n) is 4.50. The summed E-state index contributed by atoms with van der Waals surface area (Å²) in [5, 5.41) is 4.55. The standard InChI is InChI=1S/C29H34F2N6O3/c1-20(40-21(2)19-39-4)17-26(32-3)35-13-15-36(16-14-35)27(38)18-37-29(23-7-11-25(31)12-8-23)33-28(34-37)22-5-9-24(30)10-6-22/h5-12,17,21H,13-16,18-19H2,1-4H3/b20-17+,32-26?. The molecule has 11 heteroatoms. The van der Waals surface area contributed by atoms with E-state index in [9.17, 15) is 13.6 Å². The smallest absolute Gasteiger partial charge is 0.244 e. The SMILES string of the molecule is CN=C(/C=C(\C)OC(C)COC)N1CCN(C(=O)Cn2nc(-c3ccc(F)cc3)nc2-c2ccc(F)cc2)CC1. The highest BCUT2D eigenvalue weighted by molar-refractivity contribution is 5.93. The van der Waals surface area contributed by atoms with Crippen LogP contribution in [-0.2, 0) is 20.8 Å². The molecular weight excluding hydrogens is 518 g/mol. The van der Waals surface area contributed by atoms with Crippen molar-refractivity contribution >= 4 is 11.7 Å². The topological polar surface area (TPSA) is 85.1 Å². The summed E-state index contributed by atoms with van der Waals surface area (Å²) in [6, 6.07) is 11.7. The number of benzene rings is 2. The van der Waals surface area contributed by atoms with Crippen LogP contribution in [-0.4, -0.2) is 89.4 Å². The Bertz CT molecular complexity index is 1350. The molecule has 9 nitrogen and oxygen atoms in total. The van der Waals surface area contributed by atoms with Crippen LogP contribution in [0.3, 0.4) is 0 Å². The first kappa shape index (κ1) is 28.9. The van der Waals surface area contributed by atoms with Crippen LogP contribution in [0.15, 0.2) is 65.4 Å². The zero-order valence-electron chi connectivity index (χ0n) is 23.2. The van der Waals surface area contributed by atoms with E-state index in [1.54, 1.807) is 43.3 Å². The third kappa shape index (κ3) is 7.29. The summed E-state index contributed by atoms with van der Waals surface area (Å²) in [5.41, 5.74) is 1.23. The molecule has 1 amide bonds. The van der Waals surface area contributed by atoms with Gasteiger partial charge in [-0.25, -0.2) is 18.4 Å². The number of halogens is 2. The number of piperazine rings is 1. The van der Waals surface area contributed by atoms with Gasteiger partial charge in [-0.15, -0.1) is 5.10 Å². The molecule has 0 radical (unpaired) electrons. The zero-order valence-corrected chi connectivity index (χ0v) is 23.2. The number of ether oxygens (including phenoxy) is 2. The van der Waals surface area contributed by atoms with Gasteiger partial charge < -0.3 is 19.3 Å². The van der Waals surface area contributed by atoms with Gasteiger partial charge in [0.25, 0.3) is 0 Å². The Morgan fingerprint density at radius 2 is 1.57 bits per heavy atom. The van der Waals surface area contributed by atoms with Crippen molar-refractivity contribution < 1.29 is 23.0 Å². The van der Waals surface area contributed by atoms with Crippen LogP contribution < -0.4 is 0 Å². The Morgan fingerprint density at radius 3 is 2.15 bits per heavy atom. The Balaban J connectivity index is 1.45. The van der Waals surface area contributed by atoms with Gasteiger partial charge in [-0.2, -0.15) is 0 Å². The first-order chi connectivity index (χ1) is 19.3. The third-order valence-corrected chi connectivity index (χ3v) is 6.47. The van der Waals surface area contributed by atoms with Crippen LogP contribution in [0, 0.1) is 11.6 Å². The second-order valence-electron chi connectivity index (χ2n) is 9.52. The summed E-state index contributed by atoms with van der Waals surface area (Å²) in [7, 11) is 3.37. The maximum Gasteiger partial charge on any atom is 0.244 e. The van der Waals surface area contributed by atoms with Crippen molar-refractivity contribution in [3.8, 4) is 22.8 Å². The van der Waals surface area contributed by atoms with Gasteiger partial charge in [0.05, 0.1) is 12.4 Å². The van der Waals surface area contributed by atoms with Gasteiger partial charge in [0.2, 0.25) is 5.91 Å². The molecular formula is C29H34F2N6O3. The van der Waals surface area contributed by atoms with Crippen LogP contribution in [0.1, 0.15) is 13.8 Å². The number of rotatable bonds is 9. The number of allylic oxidation sites excluding steroid dienone is 1. The van der Waals surface area contributed by atoms with E-state index in [0.29, 0.717) is 55.6 Å². The molecule has 1 aliphatic heterocycles. The van der Waals surface area contributed by atoms with Gasteiger partial charge in [0.1, 0.15) is 30.1 Å². The number of hydrogen-bond acceptors (Lipinski definition) is 6. The first-order valence-electron chi connectivity index (χ1n) is 13.1. The van der Waals surface area contributed by atoms with Crippen LogP contribution >= 0.6 is 0 Å². The average Bonchev–Trinajstić information content (AvgIpc) is 3.36. The van der Waals surface area contributed by atoms with E-state index in [4.69, 9.17) is 9.47 Å². The van der Waals surface area contributed by atoms with E-state index in [1.807, 2.05) is 19.9 Å². The molecule has 40 heavy (non-hydrogen) atoms. The monoisotopic (exact) mass is 552 g/mol. The normalized spacial score (nSPS) is 15.3. The number of carbonyl (C=O) groups is 1. The van der Waals surface area contributed by atoms with Crippen molar-refractivity contribution in [3.63, 3.8) is 0 Å². The molecule has 0 N–H and O–H groups in total. The molecule has 1 unspecified atom stereocenters. The van der Waals surface area contributed by atoms with E-state index in [1.165, 1.54) is 28.9 Å². The fraction of sp³-hybridized carbons (Fsp3) is 0.379. The summed E-state index contributed by atoms with van der Waals surface area (Å²) >= 11 is 0. The quantitative estimate of drug-likeness (QED) is 0.227. The fourth-order valence-corrected chi connectivity index (χ4v) is 4.50. The molecule has 212 valence electrons. The molecule has 2 heterocycles. The number of amidine groups is 1. The minimum atomic E-state index is -0.376. The van der Waals surface area contributed by atoms with Gasteiger partial charge >= 0.3 is 0 Å². The highest BCUT2D eigenvalue weighted by atomic mass is 19.1. The third-order valence-electron chi connectivity index (χ3n) is 6.47. The molecule has 0 bridgehead atoms. The van der Waals surface area contributed by atoms with Gasteiger partial charge in [-0.1, -0.05) is 0 Å². The van der Waals surface area contributed by atoms with Crippen molar-refractivity contribution in [1.82, 2.24) is 24.6 Å². The summed E-state index contributed by atoms with van der Waals surface area (Å²) in [6.45, 7) is 6.51. The lowest BCUT2D eigenvalue weighted by molar-refractivity contribution is -0.133. The number of nitrogens with zero attached hydrogens (tertiary/aromatic N) is 6. The molecule has 1 aliphatic rings. The first-order valence-corrected chi connectivity index (χ1v) is 13.1. The Morgan fingerprint density at radius 1 is 1.00 bits per heavy atom. The van der Waals surface area contributed by atoms with E-state index < -0.39 is 0 Å². The molecule has 4 rings (SSSR count). The molecule has 1 aromatic heterocycles. The van der Waals surface area contributed by atoms with E-state index in [2.05, 4.69) is 20.0 Å². The maximum absolute atomic E-state index is 13.6. The molecule has 1 saturated heterocycles. The second kappa shape index (κ2) is 13.3. The lowest BCUT2D eigenvalue weighted by Crippen LogP contribution is -2.51. The minimum absolute atomic E-state index is 0.0418. The number of amides is 1. The van der Waals surface area contributed by atoms with Crippen molar-refractivity contribution in [2.75, 3.05) is 46.9 Å². The lowest BCUT2D eigenvalue weighted by atomic mass is 10.2. The summed E-state index contributed by atoms with van der Waals surface area (Å²) in [6.07, 6.45) is 1.82. The minimum Gasteiger partial charge on any atom is -0.493 e. The molecule has 2 aromatic carbocycles. The Kier molecular flexibility index (Phi) is 9.60. The number of carbonyl (C=O) groups excluding carboxylic acids is 1. The van der Waals surface area contributed by atoms with Gasteiger partial charge in [-0.05, 0) is 62.4 Å². The van der Waals surface area contributed by atoms with Crippen molar-refractivity contribution in [2.24, 2.45) is 4.99 Å². The van der Waals surface area contributed by atoms with Gasteiger partial charge in [0, 0.05) is 57.5 Å². The molecule has 1 fully saturated rings. The molecule has 0 aliphatic carbocycles. The molecule has 3 aromatic rings. The van der Waals surface area contributed by atoms with Crippen LogP contribution in [0.25, 0.3) is 22.8 Å². The predicted octanol–water partition coefficient (Wildman–Crippen LogP) is 4.02. The number of methoxy groups -OCH3 is 1.